The van der Waals surface area contributed by atoms with E-state index in [1.165, 1.54) is 43.5 Å². The highest BCUT2D eigenvalue weighted by molar-refractivity contribution is 7.89. The first kappa shape index (κ1) is 23.3. The van der Waals surface area contributed by atoms with E-state index in [9.17, 15) is 23.3 Å². The minimum atomic E-state index is -3.84. The van der Waals surface area contributed by atoms with Crippen LogP contribution in [0.15, 0.2) is 41.3 Å². The first-order valence-electron chi connectivity index (χ1n) is 8.97. The maximum atomic E-state index is 12.6. The molecule has 2 aromatic carbocycles. The highest BCUT2D eigenvalue weighted by Gasteiger charge is 2.24. The molecule has 0 heterocycles. The lowest BCUT2D eigenvalue weighted by atomic mass is 10.1. The average Bonchev–Trinajstić information content (AvgIpc) is 2.64. The van der Waals surface area contributed by atoms with E-state index >= 15 is 0 Å². The largest absolute Gasteiger partial charge is 0.496 e. The van der Waals surface area contributed by atoms with Crippen LogP contribution in [0, 0.1) is 17.0 Å². The number of methoxy groups -OCH3 is 1. The molecule has 0 saturated carbocycles. The van der Waals surface area contributed by atoms with Gasteiger partial charge in [0.25, 0.3) is 5.69 Å². The Morgan fingerprint density at radius 2 is 1.83 bits per heavy atom. The van der Waals surface area contributed by atoms with E-state index in [0.29, 0.717) is 16.9 Å². The number of nitro groups is 1. The van der Waals surface area contributed by atoms with E-state index in [1.54, 1.807) is 27.7 Å². The van der Waals surface area contributed by atoms with Gasteiger partial charge in [-0.3, -0.25) is 10.1 Å². The Morgan fingerprint density at radius 3 is 2.40 bits per heavy atom. The molecule has 0 atom stereocenters. The molecule has 0 amide bonds. The predicted molar refractivity (Wildman–Crippen MR) is 110 cm³/mol. The monoisotopic (exact) mass is 436 g/mol. The standard InChI is InChI=1S/C20H24N2O7S/c1-13-6-8-16(30(26,27)21-20(2,3)4)11-17(13)19(23)29-12-14-10-15(22(24)25)7-9-18(14)28-5/h6-11,21H,12H2,1-5H3. The fourth-order valence-electron chi connectivity index (χ4n) is 2.66. The Morgan fingerprint density at radius 1 is 1.17 bits per heavy atom. The number of hydrogen-bond acceptors (Lipinski definition) is 7. The smallest absolute Gasteiger partial charge is 0.338 e. The number of esters is 1. The quantitative estimate of drug-likeness (QED) is 0.401. The van der Waals surface area contributed by atoms with Gasteiger partial charge in [0.05, 0.1) is 22.5 Å². The second-order valence-electron chi connectivity index (χ2n) is 7.66. The van der Waals surface area contributed by atoms with Crippen molar-refractivity contribution in [3.63, 3.8) is 0 Å². The number of benzene rings is 2. The zero-order valence-electron chi connectivity index (χ0n) is 17.4. The molecule has 9 nitrogen and oxygen atoms in total. The summed E-state index contributed by atoms with van der Waals surface area (Å²) in [5, 5.41) is 11.0. The van der Waals surface area contributed by atoms with Gasteiger partial charge in [0, 0.05) is 23.2 Å². The minimum Gasteiger partial charge on any atom is -0.496 e. The number of sulfonamides is 1. The van der Waals surface area contributed by atoms with Gasteiger partial charge in [-0.2, -0.15) is 0 Å². The number of aryl methyl sites for hydroxylation is 1. The molecule has 0 saturated heterocycles. The van der Waals surface area contributed by atoms with E-state index in [-0.39, 0.29) is 22.8 Å². The van der Waals surface area contributed by atoms with Crippen LogP contribution in [0.2, 0.25) is 0 Å². The van der Waals surface area contributed by atoms with Gasteiger partial charge in [0.2, 0.25) is 10.0 Å². The van der Waals surface area contributed by atoms with Crippen LogP contribution in [0.5, 0.6) is 5.75 Å². The Balaban J connectivity index is 2.28. The fourth-order valence-corrected chi connectivity index (χ4v) is 4.11. The van der Waals surface area contributed by atoms with Crippen LogP contribution < -0.4 is 9.46 Å². The van der Waals surface area contributed by atoms with Crippen molar-refractivity contribution in [2.75, 3.05) is 7.11 Å². The summed E-state index contributed by atoms with van der Waals surface area (Å²) < 4.78 is 38.1. The SMILES string of the molecule is COc1ccc([N+](=O)[O-])cc1COC(=O)c1cc(S(=O)(=O)NC(C)(C)C)ccc1C. The van der Waals surface area contributed by atoms with E-state index < -0.39 is 26.5 Å². The molecule has 30 heavy (non-hydrogen) atoms. The molecule has 0 aliphatic heterocycles. The topological polar surface area (TPSA) is 125 Å². The predicted octanol–water partition coefficient (Wildman–Crippen LogP) is 3.35. The summed E-state index contributed by atoms with van der Waals surface area (Å²) in [7, 11) is -2.44. The first-order chi connectivity index (χ1) is 13.8. The lowest BCUT2D eigenvalue weighted by molar-refractivity contribution is -0.385. The lowest BCUT2D eigenvalue weighted by Gasteiger charge is -2.20. The number of nitrogens with one attached hydrogen (secondary N) is 1. The van der Waals surface area contributed by atoms with Crippen LogP contribution in [0.3, 0.4) is 0 Å². The van der Waals surface area contributed by atoms with Crippen molar-refractivity contribution >= 4 is 21.7 Å². The maximum Gasteiger partial charge on any atom is 0.338 e. The van der Waals surface area contributed by atoms with Crippen molar-refractivity contribution in [1.29, 1.82) is 0 Å². The summed E-state index contributed by atoms with van der Waals surface area (Å²) in [6.45, 7) is 6.50. The number of ether oxygens (including phenoxy) is 2. The second kappa shape index (κ2) is 8.80. The van der Waals surface area contributed by atoms with Gasteiger partial charge < -0.3 is 9.47 Å². The Bertz CT molecular complexity index is 1070. The average molecular weight is 436 g/mol. The van der Waals surface area contributed by atoms with Gasteiger partial charge in [-0.15, -0.1) is 0 Å². The third kappa shape index (κ3) is 5.77. The van der Waals surface area contributed by atoms with Gasteiger partial charge in [0.15, 0.2) is 0 Å². The van der Waals surface area contributed by atoms with E-state index in [1.807, 2.05) is 0 Å². The molecule has 162 valence electrons. The summed E-state index contributed by atoms with van der Waals surface area (Å²) in [6, 6.07) is 8.12. The van der Waals surface area contributed by atoms with Gasteiger partial charge in [0.1, 0.15) is 12.4 Å². The van der Waals surface area contributed by atoms with Crippen molar-refractivity contribution < 1.29 is 27.6 Å². The van der Waals surface area contributed by atoms with Crippen molar-refractivity contribution in [2.45, 2.75) is 44.7 Å². The van der Waals surface area contributed by atoms with Crippen LogP contribution in [0.25, 0.3) is 0 Å². The van der Waals surface area contributed by atoms with Crippen molar-refractivity contribution in [3.8, 4) is 5.75 Å². The Labute approximate surface area is 175 Å². The summed E-state index contributed by atoms with van der Waals surface area (Å²) in [5.41, 5.74) is 0.0651. The molecular weight excluding hydrogens is 412 g/mol. The van der Waals surface area contributed by atoms with Crippen LogP contribution in [0.4, 0.5) is 5.69 Å². The van der Waals surface area contributed by atoms with Gasteiger partial charge in [-0.1, -0.05) is 6.07 Å². The summed E-state index contributed by atoms with van der Waals surface area (Å²) in [5.74, 6) is -0.426. The lowest BCUT2D eigenvalue weighted by Crippen LogP contribution is -2.40. The van der Waals surface area contributed by atoms with Crippen LogP contribution in [-0.4, -0.2) is 32.0 Å². The molecule has 2 aromatic rings. The molecule has 0 bridgehead atoms. The number of rotatable bonds is 7. The Kier molecular flexibility index (Phi) is 6.84. The molecular formula is C20H24N2O7S. The van der Waals surface area contributed by atoms with Gasteiger partial charge in [-0.05, 0) is 51.5 Å². The molecule has 0 aromatic heterocycles. The second-order valence-corrected chi connectivity index (χ2v) is 9.34. The van der Waals surface area contributed by atoms with E-state index in [0.717, 1.165) is 0 Å². The van der Waals surface area contributed by atoms with Crippen LogP contribution in [0.1, 0.15) is 42.3 Å². The highest BCUT2D eigenvalue weighted by atomic mass is 32.2. The summed E-state index contributed by atoms with van der Waals surface area (Å²) in [6.07, 6.45) is 0. The molecule has 10 heteroatoms. The molecule has 0 radical (unpaired) electrons. The van der Waals surface area contributed by atoms with Gasteiger partial charge in [-0.25, -0.2) is 17.9 Å². The molecule has 0 fully saturated rings. The van der Waals surface area contributed by atoms with E-state index in [2.05, 4.69) is 4.72 Å². The van der Waals surface area contributed by atoms with Crippen molar-refractivity contribution in [3.05, 3.63) is 63.2 Å². The van der Waals surface area contributed by atoms with Crippen LogP contribution >= 0.6 is 0 Å². The molecule has 1 N–H and O–H groups in total. The number of carbonyl (C=O) groups excluding carboxylic acids is 1. The zero-order chi connectivity index (χ0) is 22.7. The van der Waals surface area contributed by atoms with Crippen molar-refractivity contribution in [1.82, 2.24) is 4.72 Å². The van der Waals surface area contributed by atoms with Gasteiger partial charge >= 0.3 is 5.97 Å². The molecule has 0 aliphatic rings. The third-order valence-corrected chi connectivity index (χ3v) is 5.77. The minimum absolute atomic E-state index is 0.0668. The molecule has 0 unspecified atom stereocenters. The molecule has 2 rings (SSSR count). The third-order valence-electron chi connectivity index (χ3n) is 4.01. The summed E-state index contributed by atoms with van der Waals surface area (Å²) in [4.78, 5) is 23.0. The molecule has 0 spiro atoms. The number of non-ortho nitro benzene ring substituents is 1. The normalized spacial score (nSPS) is 11.8. The molecule has 0 aliphatic carbocycles. The van der Waals surface area contributed by atoms with E-state index in [4.69, 9.17) is 9.47 Å². The number of carbonyl (C=O) groups is 1. The fraction of sp³-hybridized carbons (Fsp3) is 0.350. The Hall–Kier alpha value is -2.98. The number of nitro benzene ring substituents is 1. The zero-order valence-corrected chi connectivity index (χ0v) is 18.2. The van der Waals surface area contributed by atoms with Crippen molar-refractivity contribution in [2.24, 2.45) is 0 Å². The number of nitrogens with zero attached hydrogens (tertiary/aromatic N) is 1. The van der Waals surface area contributed by atoms with Crippen LogP contribution in [-0.2, 0) is 21.4 Å². The maximum absolute atomic E-state index is 12.6. The summed E-state index contributed by atoms with van der Waals surface area (Å²) >= 11 is 0. The highest BCUT2D eigenvalue weighted by Crippen LogP contribution is 2.25. The first-order valence-corrected chi connectivity index (χ1v) is 10.5. The number of hydrogen-bond donors (Lipinski definition) is 1.